The third-order valence-corrected chi connectivity index (χ3v) is 4.79. The molecule has 1 spiro atoms. The standard InChI is InChI=1S/C16H17F3N2O3/c17-16(18,19)9-21(24)13(22)11-1-2-12-8-15(4-3-10(12)7-11)5-6-20-14(15)23/h1-2,7,24H,3-6,8-9H2,(H,20,23)/t15-/m0/s1. The Balaban J connectivity index is 1.78. The van der Waals surface area contributed by atoms with Gasteiger partial charge in [-0.1, -0.05) is 6.07 Å². The first kappa shape index (κ1) is 16.8. The molecule has 0 radical (unpaired) electrons. The van der Waals surface area contributed by atoms with Crippen molar-refractivity contribution in [2.75, 3.05) is 13.1 Å². The minimum Gasteiger partial charge on any atom is -0.356 e. The maximum Gasteiger partial charge on any atom is 0.408 e. The number of alkyl halides is 3. The number of rotatable bonds is 2. The van der Waals surface area contributed by atoms with Gasteiger partial charge in [0.05, 0.1) is 5.41 Å². The van der Waals surface area contributed by atoms with Crippen LogP contribution in [0.3, 0.4) is 0 Å². The number of amides is 2. The van der Waals surface area contributed by atoms with Crippen LogP contribution in [0.25, 0.3) is 0 Å². The zero-order chi connectivity index (χ0) is 17.5. The van der Waals surface area contributed by atoms with E-state index in [1.807, 2.05) is 0 Å². The molecular formula is C16H17F3N2O3. The number of hydrogen-bond donors (Lipinski definition) is 2. The van der Waals surface area contributed by atoms with Crippen LogP contribution in [0.4, 0.5) is 13.2 Å². The van der Waals surface area contributed by atoms with E-state index in [1.54, 1.807) is 6.07 Å². The fourth-order valence-corrected chi connectivity index (χ4v) is 3.51. The molecule has 0 aromatic heterocycles. The van der Waals surface area contributed by atoms with Crippen LogP contribution in [0, 0.1) is 5.41 Å². The average molecular weight is 342 g/mol. The van der Waals surface area contributed by atoms with E-state index < -0.39 is 24.0 Å². The van der Waals surface area contributed by atoms with Crippen molar-refractivity contribution in [1.29, 1.82) is 0 Å². The summed E-state index contributed by atoms with van der Waals surface area (Å²) in [5.41, 5.74) is 1.37. The van der Waals surface area contributed by atoms with Crippen LogP contribution in [0.15, 0.2) is 18.2 Å². The molecule has 24 heavy (non-hydrogen) atoms. The van der Waals surface area contributed by atoms with Crippen molar-refractivity contribution >= 4 is 11.8 Å². The van der Waals surface area contributed by atoms with Crippen molar-refractivity contribution in [3.8, 4) is 0 Å². The third kappa shape index (κ3) is 3.10. The summed E-state index contributed by atoms with van der Waals surface area (Å²) in [5, 5.41) is 11.8. The van der Waals surface area contributed by atoms with Gasteiger partial charge in [-0.25, -0.2) is 5.06 Å². The normalized spacial score (nSPS) is 23.1. The summed E-state index contributed by atoms with van der Waals surface area (Å²) in [4.78, 5) is 24.0. The van der Waals surface area contributed by atoms with Crippen molar-refractivity contribution in [2.45, 2.75) is 31.9 Å². The molecular weight excluding hydrogens is 325 g/mol. The Kier molecular flexibility index (Phi) is 4.03. The Morgan fingerprint density at radius 1 is 1.29 bits per heavy atom. The van der Waals surface area contributed by atoms with Crippen molar-refractivity contribution in [1.82, 2.24) is 10.4 Å². The van der Waals surface area contributed by atoms with Gasteiger partial charge in [0.1, 0.15) is 6.54 Å². The second-order valence-corrected chi connectivity index (χ2v) is 6.42. The van der Waals surface area contributed by atoms with Crippen LogP contribution in [0.5, 0.6) is 0 Å². The molecule has 1 aliphatic heterocycles. The van der Waals surface area contributed by atoms with Gasteiger partial charge < -0.3 is 5.32 Å². The molecule has 1 aromatic carbocycles. The zero-order valence-corrected chi connectivity index (χ0v) is 12.8. The Morgan fingerprint density at radius 3 is 2.67 bits per heavy atom. The molecule has 2 aliphatic rings. The highest BCUT2D eigenvalue weighted by atomic mass is 19.4. The number of hydroxylamine groups is 2. The van der Waals surface area contributed by atoms with Gasteiger partial charge in [0, 0.05) is 12.1 Å². The minimum atomic E-state index is -4.67. The number of halogens is 3. The van der Waals surface area contributed by atoms with E-state index in [0.29, 0.717) is 25.8 Å². The number of nitrogens with zero attached hydrogens (tertiary/aromatic N) is 1. The van der Waals surface area contributed by atoms with Crippen LogP contribution >= 0.6 is 0 Å². The van der Waals surface area contributed by atoms with E-state index in [-0.39, 0.29) is 16.5 Å². The first-order valence-corrected chi connectivity index (χ1v) is 7.68. The number of benzene rings is 1. The quantitative estimate of drug-likeness (QED) is 0.639. The zero-order valence-electron chi connectivity index (χ0n) is 12.8. The fourth-order valence-electron chi connectivity index (χ4n) is 3.51. The topological polar surface area (TPSA) is 69.6 Å². The first-order chi connectivity index (χ1) is 11.2. The Bertz CT molecular complexity index is 690. The molecule has 0 unspecified atom stereocenters. The van der Waals surface area contributed by atoms with Gasteiger partial charge >= 0.3 is 6.18 Å². The Labute approximate surface area is 136 Å². The average Bonchev–Trinajstić information content (AvgIpc) is 2.85. The van der Waals surface area contributed by atoms with Gasteiger partial charge in [0.25, 0.3) is 5.91 Å². The largest absolute Gasteiger partial charge is 0.408 e. The van der Waals surface area contributed by atoms with E-state index >= 15 is 0 Å². The van der Waals surface area contributed by atoms with Crippen LogP contribution in [0.1, 0.15) is 34.3 Å². The lowest BCUT2D eigenvalue weighted by Crippen LogP contribution is -2.37. The maximum atomic E-state index is 12.3. The summed E-state index contributed by atoms with van der Waals surface area (Å²) in [6.45, 7) is -1.06. The lowest BCUT2D eigenvalue weighted by molar-refractivity contribution is -0.188. The molecule has 8 heteroatoms. The van der Waals surface area contributed by atoms with Gasteiger partial charge in [0.2, 0.25) is 5.91 Å². The number of fused-ring (bicyclic) bond motifs is 1. The highest BCUT2D eigenvalue weighted by Gasteiger charge is 2.44. The van der Waals surface area contributed by atoms with Crippen LogP contribution in [0.2, 0.25) is 0 Å². The molecule has 1 aliphatic carbocycles. The summed E-state index contributed by atoms with van der Waals surface area (Å²) < 4.78 is 36.8. The predicted molar refractivity (Wildman–Crippen MR) is 77.4 cm³/mol. The highest BCUT2D eigenvalue weighted by molar-refractivity contribution is 5.94. The molecule has 0 saturated carbocycles. The first-order valence-electron chi connectivity index (χ1n) is 7.68. The van der Waals surface area contributed by atoms with Crippen molar-refractivity contribution in [3.63, 3.8) is 0 Å². The Hall–Kier alpha value is -2.09. The van der Waals surface area contributed by atoms with Gasteiger partial charge in [-0.05, 0) is 48.9 Å². The number of carbonyl (C=O) groups excluding carboxylic acids is 2. The molecule has 0 bridgehead atoms. The van der Waals surface area contributed by atoms with E-state index in [1.165, 1.54) is 12.1 Å². The van der Waals surface area contributed by atoms with Gasteiger partial charge in [-0.15, -0.1) is 0 Å². The van der Waals surface area contributed by atoms with Crippen molar-refractivity contribution in [2.24, 2.45) is 5.41 Å². The predicted octanol–water partition coefficient (Wildman–Crippen LogP) is 2.08. The number of carbonyl (C=O) groups is 2. The summed E-state index contributed by atoms with van der Waals surface area (Å²) in [7, 11) is 0. The molecule has 1 saturated heterocycles. The van der Waals surface area contributed by atoms with Gasteiger partial charge in [-0.3, -0.25) is 14.8 Å². The number of nitrogens with one attached hydrogen (secondary N) is 1. The summed E-state index contributed by atoms with van der Waals surface area (Å²) >= 11 is 0. The summed E-state index contributed by atoms with van der Waals surface area (Å²) in [6, 6.07) is 4.57. The van der Waals surface area contributed by atoms with Crippen molar-refractivity contribution in [3.05, 3.63) is 34.9 Å². The fraction of sp³-hybridized carbons (Fsp3) is 0.500. The van der Waals surface area contributed by atoms with Crippen LogP contribution in [-0.4, -0.2) is 41.4 Å². The second kappa shape index (κ2) is 5.77. The molecule has 2 amide bonds. The lowest BCUT2D eigenvalue weighted by atomic mass is 9.70. The van der Waals surface area contributed by atoms with Crippen LogP contribution < -0.4 is 5.32 Å². The smallest absolute Gasteiger partial charge is 0.356 e. The monoisotopic (exact) mass is 342 g/mol. The van der Waals surface area contributed by atoms with E-state index in [0.717, 1.165) is 17.5 Å². The SMILES string of the molecule is O=C(c1ccc2c(c1)CC[C@]1(CCNC1=O)C2)N(O)CC(F)(F)F. The van der Waals surface area contributed by atoms with Crippen molar-refractivity contribution < 1.29 is 28.0 Å². The van der Waals surface area contributed by atoms with E-state index in [9.17, 15) is 28.0 Å². The van der Waals surface area contributed by atoms with Crippen LogP contribution in [-0.2, 0) is 17.6 Å². The molecule has 3 rings (SSSR count). The highest BCUT2D eigenvalue weighted by Crippen LogP contribution is 2.41. The number of aryl methyl sites for hydroxylation is 1. The maximum absolute atomic E-state index is 12.3. The second-order valence-electron chi connectivity index (χ2n) is 6.42. The summed E-state index contributed by atoms with van der Waals surface area (Å²) in [5.74, 6) is -1.05. The number of hydrogen-bond acceptors (Lipinski definition) is 3. The molecule has 130 valence electrons. The minimum absolute atomic E-state index is 0.00678. The molecule has 1 fully saturated rings. The van der Waals surface area contributed by atoms with Gasteiger partial charge in [0.15, 0.2) is 0 Å². The summed E-state index contributed by atoms with van der Waals surface area (Å²) in [6.07, 6.45) is -2.11. The van der Waals surface area contributed by atoms with E-state index in [2.05, 4.69) is 5.32 Å². The molecule has 1 atom stereocenters. The third-order valence-electron chi connectivity index (χ3n) is 4.79. The molecule has 5 nitrogen and oxygen atoms in total. The molecule has 1 aromatic rings. The molecule has 2 N–H and O–H groups in total. The Morgan fingerprint density at radius 2 is 2.04 bits per heavy atom. The van der Waals surface area contributed by atoms with E-state index in [4.69, 9.17) is 0 Å². The molecule has 1 heterocycles. The van der Waals surface area contributed by atoms with Gasteiger partial charge in [-0.2, -0.15) is 13.2 Å². The lowest BCUT2D eigenvalue weighted by Gasteiger charge is -2.32.